The molecule has 1 heterocycles. The van der Waals surface area contributed by atoms with Gasteiger partial charge in [0.25, 0.3) is 0 Å². The quantitative estimate of drug-likeness (QED) is 0.703. The Hall–Kier alpha value is -1.60. The van der Waals surface area contributed by atoms with Crippen LogP contribution in [0.5, 0.6) is 5.75 Å². The first-order valence-corrected chi connectivity index (χ1v) is 9.82. The molecule has 1 saturated heterocycles. The molecule has 1 fully saturated rings. The minimum atomic E-state index is -3.54. The number of esters is 1. The summed E-state index contributed by atoms with van der Waals surface area (Å²) in [4.78, 5) is 12.0. The third-order valence-corrected chi connectivity index (χ3v) is 5.92. The van der Waals surface area contributed by atoms with E-state index in [1.165, 1.54) is 4.31 Å². The third-order valence-electron chi connectivity index (χ3n) is 4.01. The molecule has 0 bridgehead atoms. The highest BCUT2D eigenvalue weighted by Gasteiger charge is 2.32. The first kappa shape index (κ1) is 18.7. The maximum atomic E-state index is 12.7. The van der Waals surface area contributed by atoms with Crippen molar-refractivity contribution in [2.24, 2.45) is 5.92 Å². The van der Waals surface area contributed by atoms with Crippen LogP contribution >= 0.6 is 0 Å². The lowest BCUT2D eigenvalue weighted by molar-refractivity contribution is -0.149. The lowest BCUT2D eigenvalue weighted by atomic mass is 9.98. The maximum absolute atomic E-state index is 12.7. The fourth-order valence-electron chi connectivity index (χ4n) is 2.67. The highest BCUT2D eigenvalue weighted by atomic mass is 32.2. The van der Waals surface area contributed by atoms with Gasteiger partial charge in [-0.2, -0.15) is 4.31 Å². The van der Waals surface area contributed by atoms with Crippen molar-refractivity contribution in [3.8, 4) is 5.75 Å². The van der Waals surface area contributed by atoms with Crippen LogP contribution in [-0.2, 0) is 19.6 Å². The predicted octanol–water partition coefficient (Wildman–Crippen LogP) is 2.44. The van der Waals surface area contributed by atoms with Crippen molar-refractivity contribution >= 4 is 16.0 Å². The summed E-state index contributed by atoms with van der Waals surface area (Å²) in [5, 5.41) is 0. The van der Waals surface area contributed by atoms with Gasteiger partial charge in [-0.05, 0) is 50.5 Å². The highest BCUT2D eigenvalue weighted by molar-refractivity contribution is 7.89. The van der Waals surface area contributed by atoms with Crippen LogP contribution in [0.25, 0.3) is 0 Å². The zero-order valence-electron chi connectivity index (χ0n) is 14.2. The van der Waals surface area contributed by atoms with E-state index in [2.05, 4.69) is 0 Å². The fraction of sp³-hybridized carbons (Fsp3) is 0.588. The fourth-order valence-corrected chi connectivity index (χ4v) is 4.14. The minimum Gasteiger partial charge on any atom is -0.494 e. The van der Waals surface area contributed by atoms with Gasteiger partial charge in [0, 0.05) is 13.1 Å². The van der Waals surface area contributed by atoms with E-state index in [-0.39, 0.29) is 16.8 Å². The van der Waals surface area contributed by atoms with Crippen molar-refractivity contribution < 1.29 is 22.7 Å². The summed E-state index contributed by atoms with van der Waals surface area (Å²) in [5.41, 5.74) is 0. The molecule has 2 rings (SSSR count). The molecule has 24 heavy (non-hydrogen) atoms. The summed E-state index contributed by atoms with van der Waals surface area (Å²) >= 11 is 0. The Balaban J connectivity index is 1.99. The van der Waals surface area contributed by atoms with Gasteiger partial charge >= 0.3 is 5.97 Å². The van der Waals surface area contributed by atoms with Crippen LogP contribution in [0.4, 0.5) is 0 Å². The minimum absolute atomic E-state index is 0.207. The van der Waals surface area contributed by atoms with Gasteiger partial charge in [-0.1, -0.05) is 6.92 Å². The molecule has 0 radical (unpaired) electrons. The van der Waals surface area contributed by atoms with Crippen molar-refractivity contribution in [1.82, 2.24) is 4.31 Å². The number of ether oxygens (including phenoxy) is 2. The number of hydrogen-bond donors (Lipinski definition) is 0. The molecular formula is C17H25NO5S. The number of hydrogen-bond acceptors (Lipinski definition) is 5. The number of rotatable bonds is 7. The van der Waals surface area contributed by atoms with Crippen LogP contribution in [0, 0.1) is 5.92 Å². The summed E-state index contributed by atoms with van der Waals surface area (Å²) in [5.74, 6) is 0.227. The van der Waals surface area contributed by atoms with Crippen molar-refractivity contribution in [3.63, 3.8) is 0 Å². The first-order valence-electron chi connectivity index (χ1n) is 8.38. The number of nitrogens with zero attached hydrogens (tertiary/aromatic N) is 1. The molecule has 1 aromatic rings. The molecule has 0 saturated carbocycles. The lowest BCUT2D eigenvalue weighted by Gasteiger charge is -2.30. The van der Waals surface area contributed by atoms with Crippen molar-refractivity contribution in [2.45, 2.75) is 38.0 Å². The standard InChI is InChI=1S/C17H25NO5S/c1-3-13-23-15-5-7-16(8-6-15)24(20,21)18-11-9-14(10-12-18)17(19)22-4-2/h5-8,14H,3-4,9-13H2,1-2H3. The topological polar surface area (TPSA) is 72.9 Å². The molecule has 6 nitrogen and oxygen atoms in total. The van der Waals surface area contributed by atoms with E-state index in [4.69, 9.17) is 9.47 Å². The van der Waals surface area contributed by atoms with Crippen LogP contribution in [0.2, 0.25) is 0 Å². The van der Waals surface area contributed by atoms with Crippen molar-refractivity contribution in [3.05, 3.63) is 24.3 Å². The summed E-state index contributed by atoms with van der Waals surface area (Å²) in [6.07, 6.45) is 1.89. The van der Waals surface area contributed by atoms with Gasteiger partial charge in [-0.3, -0.25) is 4.79 Å². The second-order valence-corrected chi connectivity index (χ2v) is 7.69. The predicted molar refractivity (Wildman–Crippen MR) is 90.3 cm³/mol. The Morgan fingerprint density at radius 3 is 2.33 bits per heavy atom. The lowest BCUT2D eigenvalue weighted by Crippen LogP contribution is -2.40. The third kappa shape index (κ3) is 4.48. The summed E-state index contributed by atoms with van der Waals surface area (Å²) in [6, 6.07) is 6.48. The number of benzene rings is 1. The molecule has 1 aliphatic rings. The van der Waals surface area contributed by atoms with E-state index < -0.39 is 10.0 Å². The molecule has 0 spiro atoms. The molecule has 134 valence electrons. The maximum Gasteiger partial charge on any atom is 0.309 e. The molecule has 1 aromatic carbocycles. The average Bonchev–Trinajstić information content (AvgIpc) is 2.60. The Kier molecular flexibility index (Phi) is 6.62. The van der Waals surface area contributed by atoms with E-state index in [0.717, 1.165) is 6.42 Å². The molecule has 0 aliphatic carbocycles. The van der Waals surface area contributed by atoms with Crippen LogP contribution in [-0.4, -0.2) is 45.0 Å². The van der Waals surface area contributed by atoms with Gasteiger partial charge in [-0.15, -0.1) is 0 Å². The van der Waals surface area contributed by atoms with Crippen LogP contribution in [0.1, 0.15) is 33.1 Å². The molecule has 0 aromatic heterocycles. The van der Waals surface area contributed by atoms with Crippen LogP contribution < -0.4 is 4.74 Å². The normalized spacial score (nSPS) is 16.8. The molecule has 1 aliphatic heterocycles. The Morgan fingerprint density at radius 1 is 1.17 bits per heavy atom. The van der Waals surface area contributed by atoms with E-state index in [1.54, 1.807) is 31.2 Å². The number of carbonyl (C=O) groups is 1. The summed E-state index contributed by atoms with van der Waals surface area (Å²) in [6.45, 7) is 5.40. The Bertz CT molecular complexity index is 633. The van der Waals surface area contributed by atoms with Crippen LogP contribution in [0.15, 0.2) is 29.2 Å². The Labute approximate surface area is 143 Å². The molecule has 0 N–H and O–H groups in total. The van der Waals surface area contributed by atoms with E-state index >= 15 is 0 Å². The summed E-state index contributed by atoms with van der Waals surface area (Å²) < 4.78 is 37.3. The van der Waals surface area contributed by atoms with Gasteiger partial charge in [0.05, 0.1) is 24.0 Å². The zero-order chi connectivity index (χ0) is 17.6. The average molecular weight is 355 g/mol. The second-order valence-electron chi connectivity index (χ2n) is 5.75. The van der Waals surface area contributed by atoms with Gasteiger partial charge in [0.2, 0.25) is 10.0 Å². The number of sulfonamides is 1. The van der Waals surface area contributed by atoms with Gasteiger partial charge in [0.1, 0.15) is 5.75 Å². The van der Waals surface area contributed by atoms with Gasteiger partial charge in [0.15, 0.2) is 0 Å². The largest absolute Gasteiger partial charge is 0.494 e. The monoisotopic (exact) mass is 355 g/mol. The van der Waals surface area contributed by atoms with Crippen LogP contribution in [0.3, 0.4) is 0 Å². The molecule has 0 unspecified atom stereocenters. The molecule has 0 atom stereocenters. The van der Waals surface area contributed by atoms with Crippen molar-refractivity contribution in [1.29, 1.82) is 0 Å². The molecule has 7 heteroatoms. The number of carbonyl (C=O) groups excluding carboxylic acids is 1. The van der Waals surface area contributed by atoms with E-state index in [1.807, 2.05) is 6.92 Å². The highest BCUT2D eigenvalue weighted by Crippen LogP contribution is 2.25. The zero-order valence-corrected chi connectivity index (χ0v) is 15.0. The first-order chi connectivity index (χ1) is 11.5. The van der Waals surface area contributed by atoms with Gasteiger partial charge in [-0.25, -0.2) is 8.42 Å². The Morgan fingerprint density at radius 2 is 1.79 bits per heavy atom. The van der Waals surface area contributed by atoms with E-state index in [9.17, 15) is 13.2 Å². The van der Waals surface area contributed by atoms with Crippen molar-refractivity contribution in [2.75, 3.05) is 26.3 Å². The molecular weight excluding hydrogens is 330 g/mol. The van der Waals surface area contributed by atoms with E-state index in [0.29, 0.717) is 44.9 Å². The smallest absolute Gasteiger partial charge is 0.309 e. The summed E-state index contributed by atoms with van der Waals surface area (Å²) in [7, 11) is -3.54. The SMILES string of the molecule is CCCOc1ccc(S(=O)(=O)N2CCC(C(=O)OCC)CC2)cc1. The van der Waals surface area contributed by atoms with Gasteiger partial charge < -0.3 is 9.47 Å². The number of piperidine rings is 1. The second kappa shape index (κ2) is 8.48. The molecule has 0 amide bonds.